The first kappa shape index (κ1) is 13.4. The average Bonchev–Trinajstić information content (AvgIpc) is 3.09. The molecular weight excluding hydrogens is 248 g/mol. The normalized spacial score (nSPS) is 21.7. The van der Waals surface area contributed by atoms with E-state index in [0.717, 1.165) is 11.6 Å². The van der Waals surface area contributed by atoms with Gasteiger partial charge in [-0.1, -0.05) is 24.9 Å². The van der Waals surface area contributed by atoms with Crippen LogP contribution in [0, 0.1) is 5.92 Å². The maximum atomic E-state index is 11.7. The summed E-state index contributed by atoms with van der Waals surface area (Å²) in [5, 5.41) is 6.80. The molecule has 2 unspecified atom stereocenters. The van der Waals surface area contributed by atoms with E-state index < -0.39 is 0 Å². The molecule has 0 aromatic heterocycles. The molecule has 18 heavy (non-hydrogen) atoms. The fraction of sp³-hybridized carbons (Fsp3) is 0.500. The van der Waals surface area contributed by atoms with Crippen molar-refractivity contribution in [1.82, 2.24) is 5.32 Å². The first-order valence-electron chi connectivity index (χ1n) is 6.48. The standard InChI is InChI=1S/C14H19ClN2O/c1-2-3-10-8-13(10)16-9-14(18)17-12-6-4-11(15)5-7-12/h4-7,10,13,16H,2-3,8-9H2,1H3,(H,17,18). The highest BCUT2D eigenvalue weighted by molar-refractivity contribution is 6.30. The Morgan fingerprint density at radius 2 is 2.11 bits per heavy atom. The minimum Gasteiger partial charge on any atom is -0.325 e. The van der Waals surface area contributed by atoms with Gasteiger partial charge >= 0.3 is 0 Å². The summed E-state index contributed by atoms with van der Waals surface area (Å²) < 4.78 is 0. The SMILES string of the molecule is CCCC1CC1NCC(=O)Nc1ccc(Cl)cc1. The molecule has 1 aromatic rings. The number of anilines is 1. The highest BCUT2D eigenvalue weighted by Gasteiger charge is 2.35. The van der Waals surface area contributed by atoms with Gasteiger partial charge in [0.2, 0.25) is 5.91 Å². The molecular formula is C14H19ClN2O. The van der Waals surface area contributed by atoms with Gasteiger partial charge < -0.3 is 10.6 Å². The monoisotopic (exact) mass is 266 g/mol. The van der Waals surface area contributed by atoms with Crippen LogP contribution in [0.3, 0.4) is 0 Å². The van der Waals surface area contributed by atoms with Crippen molar-refractivity contribution in [2.24, 2.45) is 5.92 Å². The fourth-order valence-electron chi connectivity index (χ4n) is 2.15. The summed E-state index contributed by atoms with van der Waals surface area (Å²) in [6.07, 6.45) is 3.69. The molecule has 0 radical (unpaired) electrons. The molecule has 2 rings (SSSR count). The smallest absolute Gasteiger partial charge is 0.238 e. The van der Waals surface area contributed by atoms with Crippen molar-refractivity contribution >= 4 is 23.2 Å². The van der Waals surface area contributed by atoms with Gasteiger partial charge in [0.05, 0.1) is 6.54 Å². The van der Waals surface area contributed by atoms with Crippen molar-refractivity contribution in [3.8, 4) is 0 Å². The molecule has 1 amide bonds. The van der Waals surface area contributed by atoms with Crippen molar-refractivity contribution in [3.05, 3.63) is 29.3 Å². The van der Waals surface area contributed by atoms with Crippen LogP contribution in [0.1, 0.15) is 26.2 Å². The highest BCUT2D eigenvalue weighted by Crippen LogP contribution is 2.34. The van der Waals surface area contributed by atoms with E-state index in [9.17, 15) is 4.79 Å². The van der Waals surface area contributed by atoms with Gasteiger partial charge in [-0.05, 0) is 43.0 Å². The Balaban J connectivity index is 1.68. The zero-order valence-electron chi connectivity index (χ0n) is 10.6. The van der Waals surface area contributed by atoms with Gasteiger partial charge in [0.25, 0.3) is 0 Å². The van der Waals surface area contributed by atoms with Crippen LogP contribution in [-0.4, -0.2) is 18.5 Å². The predicted molar refractivity (Wildman–Crippen MR) is 74.9 cm³/mol. The van der Waals surface area contributed by atoms with Gasteiger partial charge in [-0.15, -0.1) is 0 Å². The van der Waals surface area contributed by atoms with Crippen LogP contribution in [0.25, 0.3) is 0 Å². The molecule has 1 saturated carbocycles. The first-order valence-corrected chi connectivity index (χ1v) is 6.85. The number of halogens is 1. The number of carbonyl (C=O) groups excluding carboxylic acids is 1. The Kier molecular flexibility index (Phi) is 4.61. The van der Waals surface area contributed by atoms with Crippen LogP contribution in [0.5, 0.6) is 0 Å². The van der Waals surface area contributed by atoms with Crippen molar-refractivity contribution in [2.75, 3.05) is 11.9 Å². The van der Waals surface area contributed by atoms with Gasteiger partial charge in [-0.3, -0.25) is 4.79 Å². The highest BCUT2D eigenvalue weighted by atomic mass is 35.5. The van der Waals surface area contributed by atoms with Crippen LogP contribution in [0.2, 0.25) is 5.02 Å². The molecule has 98 valence electrons. The quantitative estimate of drug-likeness (QED) is 0.831. The van der Waals surface area contributed by atoms with E-state index in [1.165, 1.54) is 19.3 Å². The lowest BCUT2D eigenvalue weighted by molar-refractivity contribution is -0.115. The summed E-state index contributed by atoms with van der Waals surface area (Å²) in [7, 11) is 0. The lowest BCUT2D eigenvalue weighted by atomic mass is 10.2. The number of nitrogens with one attached hydrogen (secondary N) is 2. The largest absolute Gasteiger partial charge is 0.325 e. The zero-order chi connectivity index (χ0) is 13.0. The predicted octanol–water partition coefficient (Wildman–Crippen LogP) is 3.06. The molecule has 2 atom stereocenters. The molecule has 4 heteroatoms. The van der Waals surface area contributed by atoms with Crippen LogP contribution < -0.4 is 10.6 Å². The molecule has 0 heterocycles. The van der Waals surface area contributed by atoms with E-state index in [1.54, 1.807) is 24.3 Å². The molecule has 0 aliphatic heterocycles. The maximum absolute atomic E-state index is 11.7. The molecule has 1 aromatic carbocycles. The van der Waals surface area contributed by atoms with Gasteiger partial charge in [-0.2, -0.15) is 0 Å². The molecule has 0 bridgehead atoms. The van der Waals surface area contributed by atoms with Crippen LogP contribution in [-0.2, 0) is 4.79 Å². The minimum absolute atomic E-state index is 0.000490. The second-order valence-corrected chi connectivity index (χ2v) is 5.26. The Labute approximate surface area is 113 Å². The summed E-state index contributed by atoms with van der Waals surface area (Å²) in [6, 6.07) is 7.68. The van der Waals surface area contributed by atoms with Crippen molar-refractivity contribution in [2.45, 2.75) is 32.2 Å². The summed E-state index contributed by atoms with van der Waals surface area (Å²) in [6.45, 7) is 2.58. The van der Waals surface area contributed by atoms with Gasteiger partial charge in [-0.25, -0.2) is 0 Å². The molecule has 0 saturated heterocycles. The Bertz CT molecular complexity index is 405. The number of hydrogen-bond donors (Lipinski definition) is 2. The molecule has 2 N–H and O–H groups in total. The summed E-state index contributed by atoms with van der Waals surface area (Å²) in [5.74, 6) is 0.776. The maximum Gasteiger partial charge on any atom is 0.238 e. The van der Waals surface area contributed by atoms with E-state index in [4.69, 9.17) is 11.6 Å². The number of hydrogen-bond acceptors (Lipinski definition) is 2. The third kappa shape index (κ3) is 4.00. The van der Waals surface area contributed by atoms with Crippen molar-refractivity contribution < 1.29 is 4.79 Å². The second-order valence-electron chi connectivity index (χ2n) is 4.83. The number of carbonyl (C=O) groups is 1. The van der Waals surface area contributed by atoms with E-state index in [1.807, 2.05) is 0 Å². The van der Waals surface area contributed by atoms with Crippen molar-refractivity contribution in [3.63, 3.8) is 0 Å². The second kappa shape index (κ2) is 6.21. The molecule has 1 fully saturated rings. The lowest BCUT2D eigenvalue weighted by Gasteiger charge is -2.06. The van der Waals surface area contributed by atoms with Gasteiger partial charge in [0.15, 0.2) is 0 Å². The van der Waals surface area contributed by atoms with Crippen LogP contribution >= 0.6 is 11.6 Å². The lowest BCUT2D eigenvalue weighted by Crippen LogP contribution is -2.30. The van der Waals surface area contributed by atoms with E-state index in [-0.39, 0.29) is 5.91 Å². The Hall–Kier alpha value is -1.06. The molecule has 3 nitrogen and oxygen atoms in total. The van der Waals surface area contributed by atoms with E-state index in [2.05, 4.69) is 17.6 Å². The zero-order valence-corrected chi connectivity index (χ0v) is 11.3. The molecule has 1 aliphatic rings. The Morgan fingerprint density at radius 1 is 1.39 bits per heavy atom. The number of rotatable bonds is 6. The van der Waals surface area contributed by atoms with Gasteiger partial charge in [0, 0.05) is 16.8 Å². The summed E-state index contributed by atoms with van der Waals surface area (Å²) in [5.41, 5.74) is 0.784. The number of amides is 1. The number of benzene rings is 1. The third-order valence-corrected chi connectivity index (χ3v) is 3.49. The topological polar surface area (TPSA) is 41.1 Å². The average molecular weight is 267 g/mol. The van der Waals surface area contributed by atoms with E-state index >= 15 is 0 Å². The minimum atomic E-state index is -0.000490. The third-order valence-electron chi connectivity index (χ3n) is 3.23. The van der Waals surface area contributed by atoms with Gasteiger partial charge in [0.1, 0.15) is 0 Å². The van der Waals surface area contributed by atoms with Crippen LogP contribution in [0.4, 0.5) is 5.69 Å². The summed E-state index contributed by atoms with van der Waals surface area (Å²) >= 11 is 5.78. The van der Waals surface area contributed by atoms with Crippen LogP contribution in [0.15, 0.2) is 24.3 Å². The molecule has 1 aliphatic carbocycles. The fourth-order valence-corrected chi connectivity index (χ4v) is 2.28. The molecule has 0 spiro atoms. The summed E-state index contributed by atoms with van der Waals surface area (Å²) in [4.78, 5) is 11.7. The van der Waals surface area contributed by atoms with E-state index in [0.29, 0.717) is 17.6 Å². The van der Waals surface area contributed by atoms with Crippen molar-refractivity contribution in [1.29, 1.82) is 0 Å². The first-order chi connectivity index (χ1) is 8.69. The Morgan fingerprint density at radius 3 is 2.78 bits per heavy atom.